The Labute approximate surface area is 119 Å². The van der Waals surface area contributed by atoms with Gasteiger partial charge in [-0.05, 0) is 11.5 Å². The van der Waals surface area contributed by atoms with E-state index in [1.54, 1.807) is 0 Å². The number of carbonyl (C=O) groups excluding carboxylic acids is 2. The Morgan fingerprint density at radius 3 is 2.35 bits per heavy atom. The summed E-state index contributed by atoms with van der Waals surface area (Å²) in [6.45, 7) is 4.00. The number of amides is 1. The SMILES string of the molecule is COC(=O)CN(Cc1ccccc1)C(=O)C(N)C(C)C. The molecule has 0 bridgehead atoms. The monoisotopic (exact) mass is 278 g/mol. The molecule has 0 aromatic heterocycles. The van der Waals surface area contributed by atoms with Crippen LogP contribution in [0, 0.1) is 5.92 Å². The third-order valence-electron chi connectivity index (χ3n) is 3.08. The van der Waals surface area contributed by atoms with E-state index in [1.165, 1.54) is 12.0 Å². The van der Waals surface area contributed by atoms with Crippen molar-refractivity contribution < 1.29 is 14.3 Å². The molecule has 1 rings (SSSR count). The van der Waals surface area contributed by atoms with Crippen molar-refractivity contribution in [2.45, 2.75) is 26.4 Å². The lowest BCUT2D eigenvalue weighted by molar-refractivity contribution is -0.148. The second kappa shape index (κ2) is 7.65. The van der Waals surface area contributed by atoms with Gasteiger partial charge in [0.25, 0.3) is 0 Å². The van der Waals surface area contributed by atoms with Crippen molar-refractivity contribution in [3.8, 4) is 0 Å². The zero-order chi connectivity index (χ0) is 15.1. The Kier molecular flexibility index (Phi) is 6.18. The smallest absolute Gasteiger partial charge is 0.325 e. The topological polar surface area (TPSA) is 72.6 Å². The molecule has 1 atom stereocenters. The number of ether oxygens (including phenoxy) is 1. The lowest BCUT2D eigenvalue weighted by Gasteiger charge is -2.26. The van der Waals surface area contributed by atoms with Crippen molar-refractivity contribution in [2.24, 2.45) is 11.7 Å². The van der Waals surface area contributed by atoms with Crippen molar-refractivity contribution in [1.82, 2.24) is 4.90 Å². The molecule has 110 valence electrons. The quantitative estimate of drug-likeness (QED) is 0.793. The number of esters is 1. The van der Waals surface area contributed by atoms with Crippen molar-refractivity contribution >= 4 is 11.9 Å². The van der Waals surface area contributed by atoms with E-state index in [9.17, 15) is 9.59 Å². The highest BCUT2D eigenvalue weighted by molar-refractivity contribution is 5.85. The van der Waals surface area contributed by atoms with Crippen LogP contribution in [0.4, 0.5) is 0 Å². The highest BCUT2D eigenvalue weighted by atomic mass is 16.5. The van der Waals surface area contributed by atoms with Gasteiger partial charge in [0, 0.05) is 6.54 Å². The van der Waals surface area contributed by atoms with E-state index < -0.39 is 12.0 Å². The van der Waals surface area contributed by atoms with Crippen LogP contribution in [0.1, 0.15) is 19.4 Å². The molecular weight excluding hydrogens is 256 g/mol. The second-order valence-electron chi connectivity index (χ2n) is 5.03. The first-order chi connectivity index (χ1) is 9.45. The summed E-state index contributed by atoms with van der Waals surface area (Å²) in [7, 11) is 1.30. The van der Waals surface area contributed by atoms with Gasteiger partial charge in [-0.2, -0.15) is 0 Å². The minimum absolute atomic E-state index is 0.0124. The van der Waals surface area contributed by atoms with E-state index in [2.05, 4.69) is 4.74 Å². The van der Waals surface area contributed by atoms with E-state index in [4.69, 9.17) is 5.73 Å². The number of nitrogens with zero attached hydrogens (tertiary/aromatic N) is 1. The Morgan fingerprint density at radius 2 is 1.85 bits per heavy atom. The maximum atomic E-state index is 12.3. The van der Waals surface area contributed by atoms with E-state index in [-0.39, 0.29) is 18.4 Å². The van der Waals surface area contributed by atoms with Crippen LogP contribution in [0.2, 0.25) is 0 Å². The molecule has 5 nitrogen and oxygen atoms in total. The van der Waals surface area contributed by atoms with Crippen LogP contribution in [-0.4, -0.2) is 36.5 Å². The van der Waals surface area contributed by atoms with Crippen LogP contribution in [-0.2, 0) is 20.9 Å². The predicted molar refractivity (Wildman–Crippen MR) is 76.7 cm³/mol. The fraction of sp³-hybridized carbons (Fsp3) is 0.467. The number of nitrogens with two attached hydrogens (primary N) is 1. The van der Waals surface area contributed by atoms with Gasteiger partial charge in [0.2, 0.25) is 5.91 Å². The van der Waals surface area contributed by atoms with Gasteiger partial charge in [-0.25, -0.2) is 0 Å². The molecule has 0 saturated heterocycles. The van der Waals surface area contributed by atoms with E-state index in [0.717, 1.165) is 5.56 Å². The van der Waals surface area contributed by atoms with Gasteiger partial charge < -0.3 is 15.4 Å². The molecule has 0 radical (unpaired) electrons. The van der Waals surface area contributed by atoms with Gasteiger partial charge in [0.05, 0.1) is 13.2 Å². The molecule has 0 aliphatic heterocycles. The van der Waals surface area contributed by atoms with Gasteiger partial charge in [0.1, 0.15) is 6.54 Å². The average molecular weight is 278 g/mol. The summed E-state index contributed by atoms with van der Waals surface area (Å²) in [4.78, 5) is 25.2. The van der Waals surface area contributed by atoms with Crippen LogP contribution in [0.15, 0.2) is 30.3 Å². The molecule has 0 saturated carbocycles. The first kappa shape index (κ1) is 16.2. The number of rotatable bonds is 6. The number of benzene rings is 1. The van der Waals surface area contributed by atoms with E-state index in [0.29, 0.717) is 6.54 Å². The molecule has 2 N–H and O–H groups in total. The van der Waals surface area contributed by atoms with Crippen molar-refractivity contribution in [3.63, 3.8) is 0 Å². The van der Waals surface area contributed by atoms with Crippen LogP contribution in [0.5, 0.6) is 0 Å². The summed E-state index contributed by atoms with van der Waals surface area (Å²) < 4.78 is 4.64. The summed E-state index contributed by atoms with van der Waals surface area (Å²) >= 11 is 0. The van der Waals surface area contributed by atoms with Crippen LogP contribution < -0.4 is 5.73 Å². The van der Waals surface area contributed by atoms with Gasteiger partial charge in [-0.3, -0.25) is 9.59 Å². The molecule has 0 aliphatic rings. The standard InChI is InChI=1S/C15H22N2O3/c1-11(2)14(16)15(19)17(10-13(18)20-3)9-12-7-5-4-6-8-12/h4-8,11,14H,9-10,16H2,1-3H3. The Morgan fingerprint density at radius 1 is 1.25 bits per heavy atom. The molecular formula is C15H22N2O3. The molecule has 1 aromatic rings. The summed E-state index contributed by atoms with van der Waals surface area (Å²) in [5.74, 6) is -0.682. The third kappa shape index (κ3) is 4.66. The van der Waals surface area contributed by atoms with E-state index in [1.807, 2.05) is 44.2 Å². The molecule has 0 spiro atoms. The minimum Gasteiger partial charge on any atom is -0.468 e. The average Bonchev–Trinajstić information content (AvgIpc) is 2.45. The zero-order valence-corrected chi connectivity index (χ0v) is 12.2. The molecule has 1 aromatic carbocycles. The van der Waals surface area contributed by atoms with Crippen LogP contribution in [0.25, 0.3) is 0 Å². The molecule has 20 heavy (non-hydrogen) atoms. The van der Waals surface area contributed by atoms with Gasteiger partial charge in [-0.1, -0.05) is 44.2 Å². The van der Waals surface area contributed by atoms with Gasteiger partial charge in [0.15, 0.2) is 0 Å². The third-order valence-corrected chi connectivity index (χ3v) is 3.08. The first-order valence-corrected chi connectivity index (χ1v) is 6.60. The normalized spacial score (nSPS) is 12.1. The summed E-state index contributed by atoms with van der Waals surface area (Å²) in [5, 5.41) is 0. The second-order valence-corrected chi connectivity index (χ2v) is 5.03. The number of methoxy groups -OCH3 is 1. The number of carbonyl (C=O) groups is 2. The van der Waals surface area contributed by atoms with Gasteiger partial charge in [-0.15, -0.1) is 0 Å². The highest BCUT2D eigenvalue weighted by Gasteiger charge is 2.25. The highest BCUT2D eigenvalue weighted by Crippen LogP contribution is 2.09. The lowest BCUT2D eigenvalue weighted by atomic mass is 10.0. The number of hydrogen-bond donors (Lipinski definition) is 1. The molecule has 0 fully saturated rings. The molecule has 1 amide bonds. The maximum Gasteiger partial charge on any atom is 0.325 e. The maximum absolute atomic E-state index is 12.3. The predicted octanol–water partition coefficient (Wildman–Crippen LogP) is 1.17. The van der Waals surface area contributed by atoms with Crippen molar-refractivity contribution in [1.29, 1.82) is 0 Å². The fourth-order valence-corrected chi connectivity index (χ4v) is 1.73. The number of hydrogen-bond acceptors (Lipinski definition) is 4. The fourth-order valence-electron chi connectivity index (χ4n) is 1.73. The van der Waals surface area contributed by atoms with Crippen LogP contribution in [0.3, 0.4) is 0 Å². The molecule has 0 heterocycles. The summed E-state index contributed by atoms with van der Waals surface area (Å²) in [5.41, 5.74) is 6.83. The minimum atomic E-state index is -0.622. The van der Waals surface area contributed by atoms with Gasteiger partial charge >= 0.3 is 5.97 Å². The Balaban J connectivity index is 2.85. The summed E-state index contributed by atoms with van der Waals surface area (Å²) in [6.07, 6.45) is 0. The first-order valence-electron chi connectivity index (χ1n) is 6.60. The largest absolute Gasteiger partial charge is 0.468 e. The van der Waals surface area contributed by atoms with Crippen molar-refractivity contribution in [3.05, 3.63) is 35.9 Å². The van der Waals surface area contributed by atoms with Crippen LogP contribution >= 0.6 is 0 Å². The van der Waals surface area contributed by atoms with E-state index >= 15 is 0 Å². The zero-order valence-electron chi connectivity index (χ0n) is 12.2. The molecule has 0 aliphatic carbocycles. The molecule has 5 heteroatoms. The lowest BCUT2D eigenvalue weighted by Crippen LogP contribution is -2.48. The Bertz CT molecular complexity index is 446. The summed E-state index contributed by atoms with van der Waals surface area (Å²) in [6, 6.07) is 8.85. The Hall–Kier alpha value is -1.88. The van der Waals surface area contributed by atoms with Crippen molar-refractivity contribution in [2.75, 3.05) is 13.7 Å². The molecule has 1 unspecified atom stereocenters.